The summed E-state index contributed by atoms with van der Waals surface area (Å²) in [6.07, 6.45) is 6.13. The van der Waals surface area contributed by atoms with Crippen molar-refractivity contribution in [3.8, 4) is 0 Å². The Bertz CT molecular complexity index is 257. The van der Waals surface area contributed by atoms with Crippen LogP contribution in [0.15, 0.2) is 0 Å². The van der Waals surface area contributed by atoms with Gasteiger partial charge in [0, 0.05) is 5.92 Å². The van der Waals surface area contributed by atoms with E-state index in [0.29, 0.717) is 12.8 Å². The number of carbonyl (C=O) groups is 2. The van der Waals surface area contributed by atoms with Crippen molar-refractivity contribution in [3.63, 3.8) is 0 Å². The molecule has 0 bridgehead atoms. The first kappa shape index (κ1) is 16.9. The average molecular weight is 258 g/mol. The molecule has 18 heavy (non-hydrogen) atoms. The van der Waals surface area contributed by atoms with Crippen molar-refractivity contribution in [1.29, 1.82) is 0 Å². The lowest BCUT2D eigenvalue weighted by atomic mass is 9.83. The second-order valence-electron chi connectivity index (χ2n) is 4.73. The molecule has 0 heterocycles. The Morgan fingerprint density at radius 2 is 1.72 bits per heavy atom. The molecule has 0 saturated carbocycles. The monoisotopic (exact) mass is 258 g/mol. The Morgan fingerprint density at radius 3 is 2.17 bits per heavy atom. The lowest BCUT2D eigenvalue weighted by Gasteiger charge is -2.22. The van der Waals surface area contributed by atoms with Crippen molar-refractivity contribution < 1.29 is 14.8 Å². The zero-order valence-corrected chi connectivity index (χ0v) is 11.4. The average Bonchev–Trinajstić information content (AvgIpc) is 2.35. The molecular formula is C13H26N2O3. The van der Waals surface area contributed by atoms with E-state index in [4.69, 9.17) is 10.9 Å². The van der Waals surface area contributed by atoms with Crippen molar-refractivity contribution in [2.24, 2.45) is 17.6 Å². The van der Waals surface area contributed by atoms with Crippen LogP contribution in [0.1, 0.15) is 58.8 Å². The van der Waals surface area contributed by atoms with Gasteiger partial charge in [0.2, 0.25) is 11.8 Å². The molecule has 0 aromatic heterocycles. The van der Waals surface area contributed by atoms with Crippen molar-refractivity contribution in [3.05, 3.63) is 0 Å². The van der Waals surface area contributed by atoms with Gasteiger partial charge in [-0.2, -0.15) is 0 Å². The number of nitrogens with one attached hydrogen (secondary N) is 1. The quantitative estimate of drug-likeness (QED) is 0.318. The van der Waals surface area contributed by atoms with E-state index in [-0.39, 0.29) is 0 Å². The summed E-state index contributed by atoms with van der Waals surface area (Å²) in [4.78, 5) is 23.0. The van der Waals surface area contributed by atoms with Gasteiger partial charge in [-0.25, -0.2) is 5.48 Å². The fourth-order valence-corrected chi connectivity index (χ4v) is 2.24. The number of rotatable bonds is 10. The summed E-state index contributed by atoms with van der Waals surface area (Å²) in [5, 5.41) is 8.72. The molecule has 0 fully saturated rings. The molecule has 0 aromatic carbocycles. The van der Waals surface area contributed by atoms with E-state index >= 15 is 0 Å². The van der Waals surface area contributed by atoms with Crippen molar-refractivity contribution >= 4 is 11.8 Å². The Morgan fingerprint density at radius 1 is 1.06 bits per heavy atom. The summed E-state index contributed by atoms with van der Waals surface area (Å²) < 4.78 is 0. The molecule has 0 rings (SSSR count). The van der Waals surface area contributed by atoms with Crippen LogP contribution in [-0.2, 0) is 9.59 Å². The molecule has 5 nitrogen and oxygen atoms in total. The first-order valence-corrected chi connectivity index (χ1v) is 6.81. The highest BCUT2D eigenvalue weighted by molar-refractivity contribution is 5.86. The van der Waals surface area contributed by atoms with Crippen LogP contribution < -0.4 is 11.2 Å². The number of hydrogen-bond donors (Lipinski definition) is 3. The maximum atomic E-state index is 11.6. The van der Waals surface area contributed by atoms with E-state index in [1.54, 1.807) is 5.48 Å². The van der Waals surface area contributed by atoms with Crippen molar-refractivity contribution in [2.45, 2.75) is 58.8 Å². The number of unbranched alkanes of at least 4 members (excludes halogenated alkanes) is 3. The Kier molecular flexibility index (Phi) is 9.28. The Hall–Kier alpha value is -1.10. The zero-order chi connectivity index (χ0) is 14.0. The number of hydrogen-bond acceptors (Lipinski definition) is 3. The molecule has 5 heteroatoms. The highest BCUT2D eigenvalue weighted by Gasteiger charge is 2.31. The number of nitrogens with two attached hydrogens (primary N) is 1. The third kappa shape index (κ3) is 6.00. The Balaban J connectivity index is 4.50. The molecule has 0 aromatic rings. The second-order valence-corrected chi connectivity index (χ2v) is 4.73. The minimum Gasteiger partial charge on any atom is -0.369 e. The highest BCUT2D eigenvalue weighted by atomic mass is 16.5. The number of amides is 2. The number of carbonyl (C=O) groups excluding carboxylic acids is 2. The predicted octanol–water partition coefficient (Wildman–Crippen LogP) is 1.98. The summed E-state index contributed by atoms with van der Waals surface area (Å²) in [6.45, 7) is 4.05. The third-order valence-electron chi connectivity index (χ3n) is 3.27. The molecule has 0 aliphatic rings. The maximum Gasteiger partial charge on any atom is 0.247 e. The summed E-state index contributed by atoms with van der Waals surface area (Å²) in [7, 11) is 0. The largest absolute Gasteiger partial charge is 0.369 e. The smallest absolute Gasteiger partial charge is 0.247 e. The van der Waals surface area contributed by atoms with Crippen molar-refractivity contribution in [1.82, 2.24) is 5.48 Å². The van der Waals surface area contributed by atoms with Crippen LogP contribution in [-0.4, -0.2) is 17.0 Å². The van der Waals surface area contributed by atoms with Crippen LogP contribution in [0.4, 0.5) is 0 Å². The van der Waals surface area contributed by atoms with Gasteiger partial charge < -0.3 is 5.73 Å². The van der Waals surface area contributed by atoms with Gasteiger partial charge in [-0.1, -0.05) is 46.0 Å². The van der Waals surface area contributed by atoms with E-state index < -0.39 is 23.7 Å². The highest BCUT2D eigenvalue weighted by Crippen LogP contribution is 2.24. The van der Waals surface area contributed by atoms with E-state index in [1.807, 2.05) is 6.92 Å². The SMILES string of the molecule is CCCCCC[C@@H](C(N)=O)[C@H](CCC)C(=O)NO. The summed E-state index contributed by atoms with van der Waals surface area (Å²) >= 11 is 0. The van der Waals surface area contributed by atoms with Gasteiger partial charge in [0.25, 0.3) is 0 Å². The van der Waals surface area contributed by atoms with Crippen LogP contribution in [0.25, 0.3) is 0 Å². The van der Waals surface area contributed by atoms with Gasteiger partial charge in [0.1, 0.15) is 0 Å². The summed E-state index contributed by atoms with van der Waals surface area (Å²) in [5.41, 5.74) is 7.01. The fraction of sp³-hybridized carbons (Fsp3) is 0.846. The van der Waals surface area contributed by atoms with Crippen LogP contribution in [0, 0.1) is 11.8 Å². The fourth-order valence-electron chi connectivity index (χ4n) is 2.24. The van der Waals surface area contributed by atoms with E-state index in [1.165, 1.54) is 0 Å². The first-order chi connectivity index (χ1) is 8.58. The normalized spacial score (nSPS) is 13.9. The first-order valence-electron chi connectivity index (χ1n) is 6.81. The predicted molar refractivity (Wildman–Crippen MR) is 69.8 cm³/mol. The molecule has 0 spiro atoms. The van der Waals surface area contributed by atoms with Crippen LogP contribution in [0.2, 0.25) is 0 Å². The van der Waals surface area contributed by atoms with Crippen molar-refractivity contribution in [2.75, 3.05) is 0 Å². The second kappa shape index (κ2) is 9.88. The maximum absolute atomic E-state index is 11.6. The summed E-state index contributed by atoms with van der Waals surface area (Å²) in [6, 6.07) is 0. The van der Waals surface area contributed by atoms with Gasteiger partial charge in [-0.15, -0.1) is 0 Å². The molecule has 0 aliphatic heterocycles. The van der Waals surface area contributed by atoms with Gasteiger partial charge in [-0.3, -0.25) is 14.8 Å². The molecule has 4 N–H and O–H groups in total. The van der Waals surface area contributed by atoms with E-state index in [0.717, 1.165) is 32.1 Å². The van der Waals surface area contributed by atoms with Crippen LogP contribution >= 0.6 is 0 Å². The molecule has 0 aliphatic carbocycles. The molecule has 2 atom stereocenters. The molecule has 0 unspecified atom stereocenters. The molecule has 106 valence electrons. The van der Waals surface area contributed by atoms with Gasteiger partial charge in [0.05, 0.1) is 5.92 Å². The van der Waals surface area contributed by atoms with Crippen LogP contribution in [0.5, 0.6) is 0 Å². The molecule has 2 amide bonds. The van der Waals surface area contributed by atoms with E-state index in [2.05, 4.69) is 6.92 Å². The lowest BCUT2D eigenvalue weighted by molar-refractivity contribution is -0.139. The lowest BCUT2D eigenvalue weighted by Crippen LogP contribution is -2.39. The topological polar surface area (TPSA) is 92.4 Å². The third-order valence-corrected chi connectivity index (χ3v) is 3.27. The Labute approximate surface area is 109 Å². The molecule has 0 radical (unpaired) electrons. The number of hydroxylamine groups is 1. The van der Waals surface area contributed by atoms with Crippen LogP contribution in [0.3, 0.4) is 0 Å². The number of primary amides is 1. The standard InChI is InChI=1S/C13H26N2O3/c1-3-5-6-7-9-10(12(14)16)11(8-4-2)13(17)15-18/h10-11,18H,3-9H2,1-2H3,(H2,14,16)(H,15,17)/t10-,11+/m1/s1. The van der Waals surface area contributed by atoms with E-state index in [9.17, 15) is 9.59 Å². The van der Waals surface area contributed by atoms with Gasteiger partial charge >= 0.3 is 0 Å². The van der Waals surface area contributed by atoms with Gasteiger partial charge in [-0.05, 0) is 12.8 Å². The summed E-state index contributed by atoms with van der Waals surface area (Å²) in [5.74, 6) is -1.95. The van der Waals surface area contributed by atoms with Gasteiger partial charge in [0.15, 0.2) is 0 Å². The molecular weight excluding hydrogens is 232 g/mol. The minimum absolute atomic E-state index is 0.450. The molecule has 0 saturated heterocycles. The zero-order valence-electron chi connectivity index (χ0n) is 11.4. The minimum atomic E-state index is -0.515.